The van der Waals surface area contributed by atoms with Gasteiger partial charge in [-0.15, -0.1) is 0 Å². The minimum atomic E-state index is -1.31. The van der Waals surface area contributed by atoms with E-state index in [1.54, 1.807) is 6.92 Å². The first-order chi connectivity index (χ1) is 19.8. The summed E-state index contributed by atoms with van der Waals surface area (Å²) in [7, 11) is 0. The summed E-state index contributed by atoms with van der Waals surface area (Å²) in [5.41, 5.74) is 1.62. The molecule has 0 aliphatic heterocycles. The van der Waals surface area contributed by atoms with E-state index in [0.717, 1.165) is 22.8 Å². The monoisotopic (exact) mass is 559 g/mol. The molecule has 1 amide bonds. The average molecular weight is 560 g/mol. The number of anilines is 1. The lowest BCUT2D eigenvalue weighted by Crippen LogP contribution is -3.00. The molecule has 0 spiro atoms. The van der Waals surface area contributed by atoms with Crippen LogP contribution in [0.4, 0.5) is 21.9 Å². The zero-order chi connectivity index (χ0) is 29.2. The van der Waals surface area contributed by atoms with Gasteiger partial charge in [0.15, 0.2) is 11.4 Å². The topological polar surface area (TPSA) is 143 Å². The minimum Gasteiger partial charge on any atom is -0.595 e. The van der Waals surface area contributed by atoms with Crippen LogP contribution in [0.15, 0.2) is 109 Å². The van der Waals surface area contributed by atoms with E-state index in [1.165, 1.54) is 12.1 Å². The third kappa shape index (κ3) is 7.54. The lowest BCUT2D eigenvalue weighted by atomic mass is 9.80. The number of carbonyl (C=O) groups is 1. The van der Waals surface area contributed by atoms with E-state index in [4.69, 9.17) is 9.47 Å². The van der Waals surface area contributed by atoms with Crippen LogP contribution in [0.3, 0.4) is 0 Å². The number of benzene rings is 4. The van der Waals surface area contributed by atoms with Crippen LogP contribution in [-0.4, -0.2) is 29.2 Å². The molecule has 4 aromatic carbocycles. The molecular weight excluding hydrogens is 526 g/mol. The molecule has 0 fully saturated rings. The Morgan fingerprint density at radius 1 is 0.805 bits per heavy atom. The van der Waals surface area contributed by atoms with Gasteiger partial charge < -0.3 is 19.9 Å². The van der Waals surface area contributed by atoms with Crippen LogP contribution in [0, 0.1) is 10.4 Å². The van der Waals surface area contributed by atoms with Crippen molar-refractivity contribution in [2.24, 2.45) is 0 Å². The molecule has 0 radical (unpaired) electrons. The number of hydrogen-bond acceptors (Lipinski definition) is 7. The Morgan fingerprint density at radius 2 is 1.24 bits per heavy atom. The van der Waals surface area contributed by atoms with Crippen LogP contribution in [-0.2, 0) is 15.1 Å². The lowest BCUT2D eigenvalue weighted by Gasteiger charge is -2.36. The summed E-state index contributed by atoms with van der Waals surface area (Å²) in [5, 5.41) is 41.0. The molecule has 10 heteroatoms. The maximum Gasteiger partial charge on any atom is 0.411 e. The number of rotatable bonds is 12. The summed E-state index contributed by atoms with van der Waals surface area (Å²) in [6, 6.07) is 33.5. The molecule has 0 saturated heterocycles. The summed E-state index contributed by atoms with van der Waals surface area (Å²) in [4.78, 5) is 12.5. The van der Waals surface area contributed by atoms with Crippen molar-refractivity contribution in [3.8, 4) is 0 Å². The minimum absolute atomic E-state index is 0.0150. The van der Waals surface area contributed by atoms with E-state index in [0.29, 0.717) is 19.4 Å². The van der Waals surface area contributed by atoms with E-state index in [1.807, 2.05) is 91.0 Å². The van der Waals surface area contributed by atoms with E-state index < -0.39 is 28.3 Å². The van der Waals surface area contributed by atoms with Crippen molar-refractivity contribution in [2.75, 3.05) is 11.9 Å². The number of hydrogen-bond donors (Lipinski definition) is 5. The SMILES string of the molecule is CC(CCCOC(c1ccccc1)(c1ccccc1)c1ccccc1)OC(=O)Nc1cc([NH+]([O-])O)cc([NH+]([O-])O)c1. The average Bonchev–Trinajstić information content (AvgIpc) is 2.98. The fourth-order valence-electron chi connectivity index (χ4n) is 4.70. The van der Waals surface area contributed by atoms with Gasteiger partial charge in [0.1, 0.15) is 11.7 Å². The van der Waals surface area contributed by atoms with Crippen molar-refractivity contribution in [3.63, 3.8) is 0 Å². The number of nitrogens with one attached hydrogen (secondary N) is 3. The second kappa shape index (κ2) is 14.0. The van der Waals surface area contributed by atoms with Gasteiger partial charge in [0.2, 0.25) is 0 Å². The first-order valence-electron chi connectivity index (χ1n) is 13.2. The van der Waals surface area contributed by atoms with Gasteiger partial charge in [-0.1, -0.05) is 91.0 Å². The standard InChI is InChI=1S/C31H33N3O7/c1-23(41-30(35)32-27-20-28(33(36)37)22-29(21-27)34(38)39)12-11-19-40-31(24-13-5-2-6-14-24,25-15-7-3-8-16-25)26-17-9-4-10-18-26/h2-10,13-18,20-23,33-34,36,38H,11-12,19H2,1H3,(H,32,35). The maximum absolute atomic E-state index is 12.5. The zero-order valence-electron chi connectivity index (χ0n) is 22.5. The molecule has 41 heavy (non-hydrogen) atoms. The van der Waals surface area contributed by atoms with Crippen LogP contribution in [0.1, 0.15) is 36.5 Å². The molecular formula is C31H33N3O7. The molecule has 0 heterocycles. The Labute approximate surface area is 238 Å². The van der Waals surface area contributed by atoms with Crippen molar-refractivity contribution in [1.29, 1.82) is 0 Å². The Kier molecular flexibility index (Phi) is 10.2. The molecule has 0 aliphatic rings. The highest BCUT2D eigenvalue weighted by Gasteiger charge is 2.37. The number of quaternary nitrogens is 2. The van der Waals surface area contributed by atoms with Crippen molar-refractivity contribution < 1.29 is 35.1 Å². The molecule has 214 valence electrons. The predicted octanol–water partition coefficient (Wildman–Crippen LogP) is 4.22. The zero-order valence-corrected chi connectivity index (χ0v) is 22.5. The number of carbonyl (C=O) groups excluding carboxylic acids is 1. The summed E-state index contributed by atoms with van der Waals surface area (Å²) in [6.07, 6.45) is -0.220. The molecule has 3 unspecified atom stereocenters. The van der Waals surface area contributed by atoms with Crippen LogP contribution < -0.4 is 15.8 Å². The van der Waals surface area contributed by atoms with Crippen molar-refractivity contribution >= 4 is 23.2 Å². The molecule has 10 nitrogen and oxygen atoms in total. The van der Waals surface area contributed by atoms with Gasteiger partial charge >= 0.3 is 6.09 Å². The van der Waals surface area contributed by atoms with E-state index in [-0.39, 0.29) is 17.1 Å². The quantitative estimate of drug-likeness (QED) is 0.0994. The Balaban J connectivity index is 1.43. The van der Waals surface area contributed by atoms with E-state index in [2.05, 4.69) is 5.32 Å². The van der Waals surface area contributed by atoms with Gasteiger partial charge in [-0.3, -0.25) is 5.32 Å². The Hall–Kier alpha value is -4.13. The summed E-state index contributed by atoms with van der Waals surface area (Å²) in [6.45, 7) is 2.12. The summed E-state index contributed by atoms with van der Waals surface area (Å²) < 4.78 is 12.2. The summed E-state index contributed by atoms with van der Waals surface area (Å²) in [5.74, 6) is 0. The molecule has 0 aromatic heterocycles. The van der Waals surface area contributed by atoms with Gasteiger partial charge in [0.05, 0.1) is 11.8 Å². The van der Waals surface area contributed by atoms with Crippen molar-refractivity contribution in [1.82, 2.24) is 0 Å². The van der Waals surface area contributed by atoms with Gasteiger partial charge in [-0.25, -0.2) is 15.2 Å². The molecule has 0 aliphatic carbocycles. The van der Waals surface area contributed by atoms with E-state index >= 15 is 0 Å². The van der Waals surface area contributed by atoms with Crippen molar-refractivity contribution in [2.45, 2.75) is 31.5 Å². The second-order valence-corrected chi connectivity index (χ2v) is 9.52. The molecule has 0 saturated carbocycles. The largest absolute Gasteiger partial charge is 0.595 e. The highest BCUT2D eigenvalue weighted by molar-refractivity contribution is 5.85. The fraction of sp³-hybridized carbons (Fsp3) is 0.194. The number of amides is 1. The number of ether oxygens (including phenoxy) is 2. The molecule has 4 aromatic rings. The lowest BCUT2D eigenvalue weighted by molar-refractivity contribution is -0.996. The van der Waals surface area contributed by atoms with Gasteiger partial charge in [0.25, 0.3) is 0 Å². The maximum atomic E-state index is 12.5. The first-order valence-corrected chi connectivity index (χ1v) is 13.2. The third-order valence-electron chi connectivity index (χ3n) is 6.60. The van der Waals surface area contributed by atoms with Crippen LogP contribution in [0.5, 0.6) is 0 Å². The summed E-state index contributed by atoms with van der Waals surface area (Å²) >= 11 is 0. The Bertz CT molecular complexity index is 1260. The van der Waals surface area contributed by atoms with Crippen LogP contribution >= 0.6 is 0 Å². The van der Waals surface area contributed by atoms with E-state index in [9.17, 15) is 25.6 Å². The third-order valence-corrected chi connectivity index (χ3v) is 6.60. The predicted molar refractivity (Wildman–Crippen MR) is 152 cm³/mol. The smallest absolute Gasteiger partial charge is 0.411 e. The molecule has 0 bridgehead atoms. The highest BCUT2D eigenvalue weighted by atomic mass is 16.8. The fourth-order valence-corrected chi connectivity index (χ4v) is 4.70. The highest BCUT2D eigenvalue weighted by Crippen LogP contribution is 2.40. The Morgan fingerprint density at radius 3 is 1.66 bits per heavy atom. The molecule has 5 N–H and O–H groups in total. The molecule has 4 rings (SSSR count). The van der Waals surface area contributed by atoms with Gasteiger partial charge in [0, 0.05) is 18.7 Å². The normalized spacial score (nSPS) is 13.7. The first kappa shape index (κ1) is 29.8. The van der Waals surface area contributed by atoms with Crippen LogP contribution in [0.2, 0.25) is 0 Å². The molecule has 3 atom stereocenters. The van der Waals surface area contributed by atoms with Gasteiger partial charge in [-0.2, -0.15) is 10.5 Å². The second-order valence-electron chi connectivity index (χ2n) is 9.52. The van der Waals surface area contributed by atoms with Crippen molar-refractivity contribution in [3.05, 3.63) is 136 Å². The van der Waals surface area contributed by atoms with Crippen LogP contribution in [0.25, 0.3) is 0 Å². The van der Waals surface area contributed by atoms with Gasteiger partial charge in [-0.05, 0) is 36.5 Å².